The van der Waals surface area contributed by atoms with Crippen LogP contribution in [0.1, 0.15) is 43.6 Å². The number of esters is 1. The Morgan fingerprint density at radius 1 is 1.10 bits per heavy atom. The third kappa shape index (κ3) is 4.34. The van der Waals surface area contributed by atoms with Crippen LogP contribution in [0.25, 0.3) is 0 Å². The number of rotatable bonds is 4. The van der Waals surface area contributed by atoms with E-state index in [0.29, 0.717) is 0 Å². The van der Waals surface area contributed by atoms with Crippen molar-refractivity contribution >= 4 is 5.97 Å². The number of carbonyl (C=O) groups is 1. The molecule has 1 unspecified atom stereocenters. The normalized spacial score (nSPS) is 18.9. The number of nitrogens with zero attached hydrogens (tertiary/aromatic N) is 1. The molecule has 0 amide bonds. The second-order valence-corrected chi connectivity index (χ2v) is 5.55. The monoisotopic (exact) mass is 275 g/mol. The van der Waals surface area contributed by atoms with Gasteiger partial charge < -0.3 is 9.64 Å². The topological polar surface area (TPSA) is 29.5 Å². The molecular formula is C17H25NO2. The quantitative estimate of drug-likeness (QED) is 0.790. The predicted molar refractivity (Wildman–Crippen MR) is 80.7 cm³/mol. The zero-order valence-electron chi connectivity index (χ0n) is 12.4. The highest BCUT2D eigenvalue weighted by Crippen LogP contribution is 2.20. The lowest BCUT2D eigenvalue weighted by Crippen LogP contribution is -2.34. The van der Waals surface area contributed by atoms with Gasteiger partial charge >= 0.3 is 5.97 Å². The summed E-state index contributed by atoms with van der Waals surface area (Å²) in [7, 11) is 1.48. The van der Waals surface area contributed by atoms with E-state index in [1.54, 1.807) is 0 Å². The molecule has 1 fully saturated rings. The van der Waals surface area contributed by atoms with Gasteiger partial charge in [0.1, 0.15) is 0 Å². The molecule has 0 N–H and O–H groups in total. The number of hydrogen-bond donors (Lipinski definition) is 0. The second kappa shape index (κ2) is 8.05. The Bertz CT molecular complexity index is 397. The average Bonchev–Trinajstić information content (AvgIpc) is 2.46. The fourth-order valence-corrected chi connectivity index (χ4v) is 2.90. The predicted octanol–water partition coefficient (Wildman–Crippen LogP) is 3.21. The molecule has 1 aromatic carbocycles. The van der Waals surface area contributed by atoms with Gasteiger partial charge in [-0.05, 0) is 31.5 Å². The molecule has 1 atom stereocenters. The standard InChI is InChI=1S/C17H25NO2/c1-20-17(19)16(15-10-6-5-7-11-15)14-18-12-8-3-2-4-9-13-18/h5-7,10-11,16H,2-4,8-9,12-14H2,1H3. The van der Waals surface area contributed by atoms with Crippen molar-refractivity contribution in [3.8, 4) is 0 Å². The fourth-order valence-electron chi connectivity index (χ4n) is 2.90. The van der Waals surface area contributed by atoms with Crippen LogP contribution in [0.3, 0.4) is 0 Å². The van der Waals surface area contributed by atoms with Crippen LogP contribution in [0.2, 0.25) is 0 Å². The van der Waals surface area contributed by atoms with Crippen molar-refractivity contribution in [2.24, 2.45) is 0 Å². The van der Waals surface area contributed by atoms with Crippen molar-refractivity contribution in [2.75, 3.05) is 26.7 Å². The third-order valence-corrected chi connectivity index (χ3v) is 4.08. The van der Waals surface area contributed by atoms with Crippen LogP contribution in [-0.2, 0) is 9.53 Å². The summed E-state index contributed by atoms with van der Waals surface area (Å²) in [5.74, 6) is -0.293. The Morgan fingerprint density at radius 2 is 1.70 bits per heavy atom. The van der Waals surface area contributed by atoms with Crippen molar-refractivity contribution < 1.29 is 9.53 Å². The number of benzene rings is 1. The Labute approximate surface area is 121 Å². The number of likely N-dealkylation sites (tertiary alicyclic amines) is 1. The molecule has 1 aliphatic heterocycles. The molecule has 0 aliphatic carbocycles. The lowest BCUT2D eigenvalue weighted by Gasteiger charge is -2.28. The summed E-state index contributed by atoms with van der Waals surface area (Å²) in [4.78, 5) is 14.5. The van der Waals surface area contributed by atoms with Crippen LogP contribution in [0, 0.1) is 0 Å². The number of ether oxygens (including phenoxy) is 1. The highest BCUT2D eigenvalue weighted by molar-refractivity contribution is 5.78. The second-order valence-electron chi connectivity index (χ2n) is 5.55. The summed E-state index contributed by atoms with van der Waals surface area (Å²) in [6.45, 7) is 2.97. The van der Waals surface area contributed by atoms with Gasteiger partial charge in [-0.2, -0.15) is 0 Å². The fraction of sp³-hybridized carbons (Fsp3) is 0.588. The maximum Gasteiger partial charge on any atom is 0.314 e. The van der Waals surface area contributed by atoms with Crippen LogP contribution in [0.5, 0.6) is 0 Å². The molecule has 0 aromatic heterocycles. The molecule has 3 nitrogen and oxygen atoms in total. The first-order valence-corrected chi connectivity index (χ1v) is 7.66. The molecule has 0 saturated carbocycles. The first-order valence-electron chi connectivity index (χ1n) is 7.66. The van der Waals surface area contributed by atoms with Gasteiger partial charge in [0.15, 0.2) is 0 Å². The molecule has 0 radical (unpaired) electrons. The van der Waals surface area contributed by atoms with E-state index in [0.717, 1.165) is 25.2 Å². The SMILES string of the molecule is COC(=O)C(CN1CCCCCCC1)c1ccccc1. The molecule has 1 aromatic rings. The van der Waals surface area contributed by atoms with Gasteiger partial charge in [0.05, 0.1) is 13.0 Å². The zero-order valence-corrected chi connectivity index (χ0v) is 12.4. The molecule has 1 saturated heterocycles. The van der Waals surface area contributed by atoms with E-state index in [4.69, 9.17) is 4.74 Å². The van der Waals surface area contributed by atoms with Gasteiger partial charge in [0, 0.05) is 6.54 Å². The lowest BCUT2D eigenvalue weighted by atomic mass is 9.97. The Kier molecular flexibility index (Phi) is 6.06. The summed E-state index contributed by atoms with van der Waals surface area (Å²) in [5.41, 5.74) is 1.06. The van der Waals surface area contributed by atoms with Crippen LogP contribution in [-0.4, -0.2) is 37.6 Å². The van der Waals surface area contributed by atoms with Gasteiger partial charge in [-0.3, -0.25) is 4.79 Å². The maximum absolute atomic E-state index is 12.1. The minimum absolute atomic E-state index is 0.127. The highest BCUT2D eigenvalue weighted by Gasteiger charge is 2.24. The van der Waals surface area contributed by atoms with E-state index < -0.39 is 0 Å². The van der Waals surface area contributed by atoms with Crippen LogP contribution in [0.15, 0.2) is 30.3 Å². The number of carbonyl (C=O) groups excluding carboxylic acids is 1. The van der Waals surface area contributed by atoms with E-state index in [9.17, 15) is 4.79 Å². The minimum Gasteiger partial charge on any atom is -0.469 e. The number of methoxy groups -OCH3 is 1. The van der Waals surface area contributed by atoms with E-state index in [1.807, 2.05) is 30.3 Å². The van der Waals surface area contributed by atoms with E-state index >= 15 is 0 Å². The smallest absolute Gasteiger partial charge is 0.314 e. The van der Waals surface area contributed by atoms with Gasteiger partial charge in [0.25, 0.3) is 0 Å². The average molecular weight is 275 g/mol. The summed E-state index contributed by atoms with van der Waals surface area (Å²) >= 11 is 0. The van der Waals surface area contributed by atoms with Gasteiger partial charge in [-0.1, -0.05) is 49.6 Å². The van der Waals surface area contributed by atoms with Crippen molar-refractivity contribution in [2.45, 2.75) is 38.0 Å². The molecule has 1 heterocycles. The highest BCUT2D eigenvalue weighted by atomic mass is 16.5. The van der Waals surface area contributed by atoms with Gasteiger partial charge in [0.2, 0.25) is 0 Å². The van der Waals surface area contributed by atoms with Gasteiger partial charge in [-0.15, -0.1) is 0 Å². The van der Waals surface area contributed by atoms with E-state index in [1.165, 1.54) is 39.2 Å². The molecular weight excluding hydrogens is 250 g/mol. The van der Waals surface area contributed by atoms with Gasteiger partial charge in [-0.25, -0.2) is 0 Å². The molecule has 110 valence electrons. The molecule has 0 bridgehead atoms. The third-order valence-electron chi connectivity index (χ3n) is 4.08. The zero-order chi connectivity index (χ0) is 14.2. The summed E-state index contributed by atoms with van der Waals surface area (Å²) in [6, 6.07) is 9.99. The molecule has 1 aliphatic rings. The first-order chi connectivity index (χ1) is 9.81. The lowest BCUT2D eigenvalue weighted by molar-refractivity contribution is -0.143. The van der Waals surface area contributed by atoms with Crippen molar-refractivity contribution in [3.05, 3.63) is 35.9 Å². The van der Waals surface area contributed by atoms with Crippen LogP contribution >= 0.6 is 0 Å². The minimum atomic E-state index is -0.166. The van der Waals surface area contributed by atoms with E-state index in [-0.39, 0.29) is 11.9 Å². The summed E-state index contributed by atoms with van der Waals surface area (Å²) in [5, 5.41) is 0. The van der Waals surface area contributed by atoms with E-state index in [2.05, 4.69) is 4.90 Å². The van der Waals surface area contributed by atoms with Crippen molar-refractivity contribution in [1.82, 2.24) is 4.90 Å². The van der Waals surface area contributed by atoms with Crippen molar-refractivity contribution in [3.63, 3.8) is 0 Å². The molecule has 20 heavy (non-hydrogen) atoms. The Balaban J connectivity index is 2.05. The molecule has 2 rings (SSSR count). The first kappa shape index (κ1) is 15.0. The molecule has 3 heteroatoms. The summed E-state index contributed by atoms with van der Waals surface area (Å²) < 4.78 is 5.00. The van der Waals surface area contributed by atoms with Crippen molar-refractivity contribution in [1.29, 1.82) is 0 Å². The number of hydrogen-bond acceptors (Lipinski definition) is 3. The summed E-state index contributed by atoms with van der Waals surface area (Å²) in [6.07, 6.45) is 6.45. The maximum atomic E-state index is 12.1. The Morgan fingerprint density at radius 3 is 2.30 bits per heavy atom. The Hall–Kier alpha value is -1.35. The largest absolute Gasteiger partial charge is 0.469 e. The van der Waals surface area contributed by atoms with Crippen LogP contribution in [0.4, 0.5) is 0 Å². The molecule has 0 spiro atoms. The van der Waals surface area contributed by atoms with Crippen LogP contribution < -0.4 is 0 Å².